The Balaban J connectivity index is 1.42. The summed E-state index contributed by atoms with van der Waals surface area (Å²) in [6.45, 7) is 1.19. The monoisotopic (exact) mass is 488 g/mol. The van der Waals surface area contributed by atoms with Gasteiger partial charge in [-0.25, -0.2) is 0 Å². The Morgan fingerprint density at radius 2 is 2.11 bits per heavy atom. The molecule has 184 valence electrons. The van der Waals surface area contributed by atoms with E-state index in [-0.39, 0.29) is 25.3 Å². The second kappa shape index (κ2) is 9.00. The normalized spacial score (nSPS) is 16.6. The maximum atomic E-state index is 13.1. The number of ether oxygens (including phenoxy) is 3. The topological polar surface area (TPSA) is 117 Å². The zero-order valence-corrected chi connectivity index (χ0v) is 19.8. The molecule has 2 aromatic heterocycles. The minimum Gasteiger partial charge on any atom is -0.492 e. The summed E-state index contributed by atoms with van der Waals surface area (Å²) in [4.78, 5) is 15.3. The van der Waals surface area contributed by atoms with Crippen molar-refractivity contribution in [2.24, 2.45) is 0 Å². The molecular formula is C25H24N6O5. The smallest absolute Gasteiger partial charge is 0.253 e. The number of likely N-dealkylation sites (N-methyl/N-ethyl adjacent to an activating group) is 1. The molecule has 1 N–H and O–H groups in total. The minimum absolute atomic E-state index is 0.146. The number of hydrogen-bond donors (Lipinski definition) is 1. The number of carbonyl (C=O) groups excluding carboxylic acids is 1. The molecule has 0 aliphatic carbocycles. The number of nitrogens with zero attached hydrogens (tertiary/aromatic N) is 5. The molecule has 0 bridgehead atoms. The van der Waals surface area contributed by atoms with Gasteiger partial charge in [0.25, 0.3) is 5.91 Å². The number of aromatic nitrogens is 4. The molecule has 0 spiro atoms. The molecule has 2 aliphatic rings. The molecule has 2 aliphatic heterocycles. The van der Waals surface area contributed by atoms with E-state index in [1.807, 2.05) is 25.2 Å². The second-order valence-electron chi connectivity index (χ2n) is 8.58. The van der Waals surface area contributed by atoms with E-state index in [1.54, 1.807) is 42.3 Å². The van der Waals surface area contributed by atoms with E-state index >= 15 is 0 Å². The largest absolute Gasteiger partial charge is 0.492 e. The number of hydrogen-bond acceptors (Lipinski definition) is 9. The summed E-state index contributed by atoms with van der Waals surface area (Å²) in [6.07, 6.45) is 2.38. The van der Waals surface area contributed by atoms with Crippen molar-refractivity contribution in [3.63, 3.8) is 0 Å². The number of methoxy groups -OCH3 is 1. The minimum atomic E-state index is -0.340. The molecule has 0 radical (unpaired) electrons. The van der Waals surface area contributed by atoms with Crippen LogP contribution >= 0.6 is 0 Å². The van der Waals surface area contributed by atoms with E-state index in [4.69, 9.17) is 18.6 Å². The van der Waals surface area contributed by atoms with Crippen LogP contribution in [0, 0.1) is 0 Å². The lowest BCUT2D eigenvalue weighted by atomic mass is 9.90. The van der Waals surface area contributed by atoms with Crippen molar-refractivity contribution in [3.05, 3.63) is 77.0 Å². The second-order valence-corrected chi connectivity index (χ2v) is 8.58. The highest BCUT2D eigenvalue weighted by Crippen LogP contribution is 2.50. The lowest BCUT2D eigenvalue weighted by molar-refractivity contribution is 0.0947. The molecule has 1 atom stereocenters. The predicted octanol–water partition coefficient (Wildman–Crippen LogP) is 2.50. The Morgan fingerprint density at radius 1 is 1.22 bits per heavy atom. The van der Waals surface area contributed by atoms with Gasteiger partial charge in [0.2, 0.25) is 12.5 Å². The van der Waals surface area contributed by atoms with Gasteiger partial charge in [-0.15, -0.1) is 5.10 Å². The first-order valence-electron chi connectivity index (χ1n) is 11.5. The van der Waals surface area contributed by atoms with Crippen molar-refractivity contribution in [2.75, 3.05) is 27.5 Å². The molecule has 11 heteroatoms. The van der Waals surface area contributed by atoms with Crippen LogP contribution < -0.4 is 19.5 Å². The molecule has 11 nitrogen and oxygen atoms in total. The Kier molecular flexibility index (Phi) is 5.53. The fraction of sp³-hybridized carbons (Fsp3) is 0.280. The standard InChI is InChI=1S/C25H24N6O5/c1-30-10-9-15-12-19-22(36-14-35-19)23(33-2)20(15)21(30)24-27-28-29-31(24)18-8-4-3-7-17(18)25(32)26-13-16-6-5-11-34-16/h3-8,11-12,21H,9-10,13-14H2,1-2H3,(H,26,32). The van der Waals surface area contributed by atoms with E-state index in [2.05, 4.69) is 25.7 Å². The summed E-state index contributed by atoms with van der Waals surface area (Å²) in [5.74, 6) is 2.81. The van der Waals surface area contributed by atoms with Gasteiger partial charge in [0.15, 0.2) is 17.3 Å². The van der Waals surface area contributed by atoms with Crippen molar-refractivity contribution in [1.82, 2.24) is 30.4 Å². The summed E-state index contributed by atoms with van der Waals surface area (Å²) in [5.41, 5.74) is 3.01. The van der Waals surface area contributed by atoms with E-state index < -0.39 is 0 Å². The van der Waals surface area contributed by atoms with Crippen molar-refractivity contribution in [2.45, 2.75) is 19.0 Å². The van der Waals surface area contributed by atoms with Gasteiger partial charge in [0.05, 0.1) is 31.2 Å². The predicted molar refractivity (Wildman–Crippen MR) is 126 cm³/mol. The lowest BCUT2D eigenvalue weighted by Gasteiger charge is -2.34. The van der Waals surface area contributed by atoms with Gasteiger partial charge in [-0.2, -0.15) is 4.68 Å². The Bertz CT molecular complexity index is 1420. The molecule has 1 amide bonds. The van der Waals surface area contributed by atoms with Gasteiger partial charge in [-0.05, 0) is 59.8 Å². The molecule has 36 heavy (non-hydrogen) atoms. The number of rotatable bonds is 6. The van der Waals surface area contributed by atoms with E-state index in [1.165, 1.54) is 0 Å². The van der Waals surface area contributed by atoms with Crippen molar-refractivity contribution in [3.8, 4) is 22.9 Å². The highest BCUT2D eigenvalue weighted by atomic mass is 16.7. The Morgan fingerprint density at radius 3 is 2.94 bits per heavy atom. The molecule has 1 unspecified atom stereocenters. The maximum absolute atomic E-state index is 13.1. The van der Waals surface area contributed by atoms with Crippen LogP contribution in [0.5, 0.6) is 17.2 Å². The molecule has 4 heterocycles. The van der Waals surface area contributed by atoms with E-state index in [0.29, 0.717) is 40.1 Å². The van der Waals surface area contributed by atoms with Crippen LogP contribution in [0.1, 0.15) is 39.1 Å². The van der Waals surface area contributed by atoms with Crippen LogP contribution in [0.3, 0.4) is 0 Å². The molecule has 0 fully saturated rings. The van der Waals surface area contributed by atoms with Gasteiger partial charge < -0.3 is 23.9 Å². The summed E-state index contributed by atoms with van der Waals surface area (Å²) in [7, 11) is 3.63. The number of furan rings is 1. The van der Waals surface area contributed by atoms with Gasteiger partial charge in [-0.1, -0.05) is 12.1 Å². The van der Waals surface area contributed by atoms with Gasteiger partial charge in [0.1, 0.15) is 11.8 Å². The summed E-state index contributed by atoms with van der Waals surface area (Å²) in [5, 5.41) is 15.6. The van der Waals surface area contributed by atoms with Crippen LogP contribution in [-0.2, 0) is 13.0 Å². The first-order chi connectivity index (χ1) is 17.7. The number of nitrogens with one attached hydrogen (secondary N) is 1. The number of tetrazole rings is 1. The third kappa shape index (κ3) is 3.64. The van der Waals surface area contributed by atoms with Crippen molar-refractivity contribution < 1.29 is 23.4 Å². The average Bonchev–Trinajstić information content (AvgIpc) is 3.68. The summed E-state index contributed by atoms with van der Waals surface area (Å²) in [6, 6.07) is 12.5. The molecule has 0 saturated heterocycles. The lowest BCUT2D eigenvalue weighted by Crippen LogP contribution is -2.35. The zero-order chi connectivity index (χ0) is 24.6. The Hall–Kier alpha value is -4.38. The number of amides is 1. The van der Waals surface area contributed by atoms with Crippen molar-refractivity contribution >= 4 is 5.91 Å². The van der Waals surface area contributed by atoms with Crippen LogP contribution in [-0.4, -0.2) is 58.5 Å². The molecule has 0 saturated carbocycles. The van der Waals surface area contributed by atoms with Gasteiger partial charge in [0, 0.05) is 12.1 Å². The van der Waals surface area contributed by atoms with Crippen LogP contribution in [0.2, 0.25) is 0 Å². The third-order valence-corrected chi connectivity index (χ3v) is 6.51. The fourth-order valence-corrected chi connectivity index (χ4v) is 4.82. The molecule has 4 aromatic rings. The highest BCUT2D eigenvalue weighted by molar-refractivity contribution is 5.97. The summed E-state index contributed by atoms with van der Waals surface area (Å²) < 4.78 is 24.1. The summed E-state index contributed by atoms with van der Waals surface area (Å²) >= 11 is 0. The SMILES string of the molecule is COc1c2c(cc3c1C(c1nnnn1-c1ccccc1C(=O)NCc1ccco1)N(C)CC3)OCO2. The molecular weight excluding hydrogens is 464 g/mol. The van der Waals surface area contributed by atoms with E-state index in [9.17, 15) is 4.79 Å². The van der Waals surface area contributed by atoms with Crippen LogP contribution in [0.4, 0.5) is 0 Å². The van der Waals surface area contributed by atoms with E-state index in [0.717, 1.165) is 24.1 Å². The number of benzene rings is 2. The number of carbonyl (C=O) groups is 1. The van der Waals surface area contributed by atoms with Gasteiger partial charge in [-0.3, -0.25) is 9.69 Å². The number of fused-ring (bicyclic) bond motifs is 2. The third-order valence-electron chi connectivity index (χ3n) is 6.51. The molecule has 2 aromatic carbocycles. The van der Waals surface area contributed by atoms with Gasteiger partial charge >= 0.3 is 0 Å². The fourth-order valence-electron chi connectivity index (χ4n) is 4.82. The highest BCUT2D eigenvalue weighted by Gasteiger charge is 2.38. The Labute approximate surface area is 206 Å². The maximum Gasteiger partial charge on any atom is 0.253 e. The van der Waals surface area contributed by atoms with Crippen LogP contribution in [0.25, 0.3) is 5.69 Å². The zero-order valence-electron chi connectivity index (χ0n) is 19.8. The van der Waals surface area contributed by atoms with Crippen molar-refractivity contribution in [1.29, 1.82) is 0 Å². The average molecular weight is 489 g/mol. The van der Waals surface area contributed by atoms with Crippen LogP contribution in [0.15, 0.2) is 53.1 Å². The first kappa shape index (κ1) is 22.1. The number of para-hydroxylation sites is 1. The first-order valence-corrected chi connectivity index (χ1v) is 11.5. The quantitative estimate of drug-likeness (QED) is 0.437. The molecule has 6 rings (SSSR count).